The molecule has 1 aliphatic heterocycles. The molecule has 0 radical (unpaired) electrons. The van der Waals surface area contributed by atoms with Gasteiger partial charge < -0.3 is 5.32 Å². The summed E-state index contributed by atoms with van der Waals surface area (Å²) in [5.41, 5.74) is 0.736. The quantitative estimate of drug-likeness (QED) is 0.403. The zero-order chi connectivity index (χ0) is 9.61. The Hall–Kier alpha value is -0.840. The van der Waals surface area contributed by atoms with E-state index < -0.39 is 10.1 Å². The van der Waals surface area contributed by atoms with E-state index in [0.717, 1.165) is 25.1 Å². The first kappa shape index (κ1) is 11.2. The van der Waals surface area contributed by atoms with Crippen LogP contribution in [-0.4, -0.2) is 31.7 Å². The standard InChI is InChI=1S/C5H7NO.CH4O3S/c7-4-5-2-1-3-6-5;1-5(2,3)4/h6H,1-3H2;1H3,(H,2,3,4). The van der Waals surface area contributed by atoms with Gasteiger partial charge in [-0.25, -0.2) is 4.79 Å². The molecule has 1 heterocycles. The van der Waals surface area contributed by atoms with Crippen molar-refractivity contribution >= 4 is 16.1 Å². The van der Waals surface area contributed by atoms with Crippen molar-refractivity contribution in [1.82, 2.24) is 5.32 Å². The van der Waals surface area contributed by atoms with Crippen molar-refractivity contribution in [3.05, 3.63) is 5.70 Å². The fourth-order valence-electron chi connectivity index (χ4n) is 0.680. The molecule has 1 rings (SSSR count). The van der Waals surface area contributed by atoms with Gasteiger partial charge in [0.15, 0.2) is 0 Å². The van der Waals surface area contributed by atoms with Gasteiger partial charge in [-0.15, -0.1) is 0 Å². The van der Waals surface area contributed by atoms with Crippen LogP contribution in [0.15, 0.2) is 5.70 Å². The monoisotopic (exact) mass is 193 g/mol. The first-order valence-electron chi connectivity index (χ1n) is 3.34. The minimum absolute atomic E-state index is 0.715. The molecule has 0 aromatic rings. The van der Waals surface area contributed by atoms with Crippen molar-refractivity contribution in [3.8, 4) is 0 Å². The Kier molecular flexibility index (Phi) is 4.58. The lowest BCUT2D eigenvalue weighted by Gasteiger charge is -1.84. The zero-order valence-electron chi connectivity index (χ0n) is 6.70. The number of hydrogen-bond donors (Lipinski definition) is 2. The summed E-state index contributed by atoms with van der Waals surface area (Å²) < 4.78 is 25.9. The van der Waals surface area contributed by atoms with Gasteiger partial charge in [-0.1, -0.05) is 0 Å². The van der Waals surface area contributed by atoms with Crippen LogP contribution in [0.5, 0.6) is 0 Å². The Bertz CT molecular complexity index is 260. The Morgan fingerprint density at radius 1 is 1.58 bits per heavy atom. The van der Waals surface area contributed by atoms with E-state index in [2.05, 4.69) is 5.32 Å². The van der Waals surface area contributed by atoms with E-state index in [1.54, 1.807) is 0 Å². The third-order valence-electron chi connectivity index (χ3n) is 1.07. The Balaban J connectivity index is 0.000000217. The molecule has 1 fully saturated rings. The van der Waals surface area contributed by atoms with Crippen LogP contribution in [-0.2, 0) is 14.9 Å². The number of hydrogen-bond acceptors (Lipinski definition) is 4. The number of allylic oxidation sites excluding steroid dienone is 1. The van der Waals surface area contributed by atoms with E-state index in [0.29, 0.717) is 6.26 Å². The summed E-state index contributed by atoms with van der Waals surface area (Å²) in [7, 11) is -3.67. The van der Waals surface area contributed by atoms with Crippen molar-refractivity contribution in [2.45, 2.75) is 12.8 Å². The van der Waals surface area contributed by atoms with Gasteiger partial charge in [-0.05, 0) is 12.8 Å². The van der Waals surface area contributed by atoms with Crippen LogP contribution in [0.2, 0.25) is 0 Å². The summed E-state index contributed by atoms with van der Waals surface area (Å²) in [4.78, 5) is 9.78. The van der Waals surface area contributed by atoms with Crippen LogP contribution in [0.3, 0.4) is 0 Å². The molecule has 5 nitrogen and oxygen atoms in total. The molecule has 0 atom stereocenters. The predicted molar refractivity (Wildman–Crippen MR) is 43.9 cm³/mol. The van der Waals surface area contributed by atoms with E-state index in [1.807, 2.05) is 5.94 Å². The maximum atomic E-state index is 9.78. The van der Waals surface area contributed by atoms with E-state index in [9.17, 15) is 13.2 Å². The largest absolute Gasteiger partial charge is 0.379 e. The second-order valence-corrected chi connectivity index (χ2v) is 3.81. The number of rotatable bonds is 0. The van der Waals surface area contributed by atoms with Crippen LogP contribution in [0.1, 0.15) is 12.8 Å². The molecule has 6 heteroatoms. The Morgan fingerprint density at radius 3 is 2.25 bits per heavy atom. The normalized spacial score (nSPS) is 15.7. The number of carbonyl (C=O) groups excluding carboxylic acids is 1. The molecule has 0 bridgehead atoms. The van der Waals surface area contributed by atoms with Crippen molar-refractivity contribution in [2.24, 2.45) is 0 Å². The highest BCUT2D eigenvalue weighted by Crippen LogP contribution is 2.03. The van der Waals surface area contributed by atoms with Crippen molar-refractivity contribution in [1.29, 1.82) is 0 Å². The van der Waals surface area contributed by atoms with Crippen molar-refractivity contribution in [3.63, 3.8) is 0 Å². The lowest BCUT2D eigenvalue weighted by Crippen LogP contribution is -2.03. The van der Waals surface area contributed by atoms with Gasteiger partial charge in [0.1, 0.15) is 5.94 Å². The fraction of sp³-hybridized carbons (Fsp3) is 0.667. The van der Waals surface area contributed by atoms with Crippen LogP contribution in [0, 0.1) is 0 Å². The molecule has 1 saturated heterocycles. The van der Waals surface area contributed by atoms with E-state index in [1.165, 1.54) is 0 Å². The summed E-state index contributed by atoms with van der Waals surface area (Å²) in [5, 5.41) is 2.90. The molecule has 70 valence electrons. The third-order valence-corrected chi connectivity index (χ3v) is 1.07. The highest BCUT2D eigenvalue weighted by Gasteiger charge is 2.03. The highest BCUT2D eigenvalue weighted by atomic mass is 32.2. The van der Waals surface area contributed by atoms with Crippen LogP contribution >= 0.6 is 0 Å². The summed E-state index contributed by atoms with van der Waals surface area (Å²) >= 11 is 0. The van der Waals surface area contributed by atoms with Crippen molar-refractivity contribution < 1.29 is 17.8 Å². The minimum Gasteiger partial charge on any atom is -0.379 e. The number of nitrogens with one attached hydrogen (secondary N) is 1. The van der Waals surface area contributed by atoms with Gasteiger partial charge in [-0.3, -0.25) is 4.55 Å². The second kappa shape index (κ2) is 4.92. The lowest BCUT2D eigenvalue weighted by atomic mass is 10.3. The van der Waals surface area contributed by atoms with Crippen LogP contribution in [0.4, 0.5) is 0 Å². The smallest absolute Gasteiger partial charge is 0.261 e. The molecule has 1 aliphatic rings. The molecule has 12 heavy (non-hydrogen) atoms. The van der Waals surface area contributed by atoms with Gasteiger partial charge in [-0.2, -0.15) is 8.42 Å². The second-order valence-electron chi connectivity index (χ2n) is 2.34. The highest BCUT2D eigenvalue weighted by molar-refractivity contribution is 7.85. The summed E-state index contributed by atoms with van der Waals surface area (Å²) in [6, 6.07) is 0. The summed E-state index contributed by atoms with van der Waals surface area (Å²) in [5.74, 6) is 1.82. The predicted octanol–water partition coefficient (Wildman–Crippen LogP) is -0.411. The molecular weight excluding hydrogens is 182 g/mol. The molecule has 0 amide bonds. The van der Waals surface area contributed by atoms with Gasteiger partial charge in [0.25, 0.3) is 10.1 Å². The maximum Gasteiger partial charge on any atom is 0.261 e. The topological polar surface area (TPSA) is 83.5 Å². The SMILES string of the molecule is CS(=O)(=O)O.O=C=C1CCCN1. The molecule has 0 unspecified atom stereocenters. The summed E-state index contributed by atoms with van der Waals surface area (Å²) in [6.07, 6.45) is 2.70. The Morgan fingerprint density at radius 2 is 2.08 bits per heavy atom. The maximum absolute atomic E-state index is 9.78. The first-order chi connectivity index (χ1) is 5.43. The van der Waals surface area contributed by atoms with E-state index in [4.69, 9.17) is 4.55 Å². The van der Waals surface area contributed by atoms with E-state index >= 15 is 0 Å². The molecule has 0 aromatic heterocycles. The Labute approximate surface area is 71.2 Å². The van der Waals surface area contributed by atoms with Gasteiger partial charge in [0.2, 0.25) is 0 Å². The van der Waals surface area contributed by atoms with Crippen LogP contribution in [0.25, 0.3) is 0 Å². The zero-order valence-corrected chi connectivity index (χ0v) is 7.52. The van der Waals surface area contributed by atoms with Crippen LogP contribution < -0.4 is 5.32 Å². The van der Waals surface area contributed by atoms with Crippen molar-refractivity contribution in [2.75, 3.05) is 12.8 Å². The fourth-order valence-corrected chi connectivity index (χ4v) is 0.680. The molecule has 0 spiro atoms. The van der Waals surface area contributed by atoms with Gasteiger partial charge in [0.05, 0.1) is 12.0 Å². The summed E-state index contributed by atoms with van der Waals surface area (Å²) in [6.45, 7) is 0.949. The molecular formula is C6H11NO4S. The minimum atomic E-state index is -3.67. The molecule has 0 saturated carbocycles. The molecule has 0 aliphatic carbocycles. The molecule has 2 N–H and O–H groups in total. The average molecular weight is 193 g/mol. The van der Waals surface area contributed by atoms with Gasteiger partial charge in [0, 0.05) is 6.54 Å². The van der Waals surface area contributed by atoms with Gasteiger partial charge >= 0.3 is 0 Å². The van der Waals surface area contributed by atoms with E-state index in [-0.39, 0.29) is 0 Å². The third kappa shape index (κ3) is 9.16. The average Bonchev–Trinajstić information content (AvgIpc) is 2.33. The first-order valence-corrected chi connectivity index (χ1v) is 5.18. The molecule has 0 aromatic carbocycles. The lowest BCUT2D eigenvalue weighted by molar-refractivity contribution is 0.490.